The van der Waals surface area contributed by atoms with Gasteiger partial charge in [0.15, 0.2) is 0 Å². The van der Waals surface area contributed by atoms with Gasteiger partial charge >= 0.3 is 0 Å². The molecule has 4 nitrogen and oxygen atoms in total. The van der Waals surface area contributed by atoms with Gasteiger partial charge < -0.3 is 15.6 Å². The van der Waals surface area contributed by atoms with Gasteiger partial charge in [0.25, 0.3) is 0 Å². The molecule has 140 valence electrons. The van der Waals surface area contributed by atoms with Gasteiger partial charge in [-0.2, -0.15) is 0 Å². The number of aromatic amines is 1. The summed E-state index contributed by atoms with van der Waals surface area (Å²) in [6.45, 7) is 0.849. The molecule has 0 saturated heterocycles. The van der Waals surface area contributed by atoms with Crippen LogP contribution in [-0.2, 0) is 17.6 Å². The number of benzene rings is 3. The van der Waals surface area contributed by atoms with Crippen LogP contribution < -0.4 is 10.6 Å². The predicted octanol–water partition coefficient (Wildman–Crippen LogP) is 5.00. The summed E-state index contributed by atoms with van der Waals surface area (Å²) in [5.74, 6) is -0.00811. The summed E-state index contributed by atoms with van der Waals surface area (Å²) >= 11 is 0. The molecule has 0 saturated carbocycles. The molecule has 3 N–H and O–H groups in total. The maximum Gasteiger partial charge on any atom is 0.228 e. The minimum atomic E-state index is -0.00811. The molecule has 1 aromatic heterocycles. The lowest BCUT2D eigenvalue weighted by molar-refractivity contribution is -0.115. The molecule has 1 amide bonds. The van der Waals surface area contributed by atoms with Crippen molar-refractivity contribution in [1.82, 2.24) is 4.98 Å². The molecule has 1 heterocycles. The van der Waals surface area contributed by atoms with Crippen molar-refractivity contribution in [2.45, 2.75) is 12.8 Å². The summed E-state index contributed by atoms with van der Waals surface area (Å²) in [7, 11) is 0. The van der Waals surface area contributed by atoms with Gasteiger partial charge in [-0.05, 0) is 47.9 Å². The molecule has 3 aromatic carbocycles. The molecule has 0 atom stereocenters. The summed E-state index contributed by atoms with van der Waals surface area (Å²) < 4.78 is 0. The maximum atomic E-state index is 12.1. The van der Waals surface area contributed by atoms with Crippen molar-refractivity contribution in [3.63, 3.8) is 0 Å². The highest BCUT2D eigenvalue weighted by molar-refractivity contribution is 5.92. The van der Waals surface area contributed by atoms with Crippen LogP contribution in [0.1, 0.15) is 11.1 Å². The van der Waals surface area contributed by atoms with E-state index in [9.17, 15) is 4.79 Å². The Bertz CT molecular complexity index is 1050. The molecular formula is C24H23N3O. The molecular weight excluding hydrogens is 346 g/mol. The number of para-hydroxylation sites is 1. The topological polar surface area (TPSA) is 56.9 Å². The number of amides is 1. The number of hydrogen-bond acceptors (Lipinski definition) is 2. The Kier molecular flexibility index (Phi) is 5.38. The van der Waals surface area contributed by atoms with E-state index in [0.717, 1.165) is 29.9 Å². The molecule has 0 aliphatic rings. The van der Waals surface area contributed by atoms with Gasteiger partial charge in [-0.25, -0.2) is 0 Å². The van der Waals surface area contributed by atoms with Crippen molar-refractivity contribution in [2.24, 2.45) is 0 Å². The number of aromatic nitrogens is 1. The van der Waals surface area contributed by atoms with Crippen molar-refractivity contribution in [2.75, 3.05) is 17.2 Å². The van der Waals surface area contributed by atoms with E-state index in [1.807, 2.05) is 60.7 Å². The number of rotatable bonds is 7. The van der Waals surface area contributed by atoms with Crippen LogP contribution in [0.3, 0.4) is 0 Å². The molecule has 0 aliphatic heterocycles. The van der Waals surface area contributed by atoms with E-state index in [4.69, 9.17) is 0 Å². The van der Waals surface area contributed by atoms with Crippen LogP contribution >= 0.6 is 0 Å². The smallest absolute Gasteiger partial charge is 0.228 e. The Labute approximate surface area is 164 Å². The van der Waals surface area contributed by atoms with Gasteiger partial charge in [-0.3, -0.25) is 4.79 Å². The summed E-state index contributed by atoms with van der Waals surface area (Å²) in [6.07, 6.45) is 3.41. The maximum absolute atomic E-state index is 12.1. The summed E-state index contributed by atoms with van der Waals surface area (Å²) in [6, 6.07) is 25.9. The molecule has 0 aliphatic carbocycles. The minimum Gasteiger partial charge on any atom is -0.385 e. The van der Waals surface area contributed by atoms with Crippen molar-refractivity contribution >= 4 is 28.2 Å². The normalized spacial score (nSPS) is 10.7. The lowest BCUT2D eigenvalue weighted by Crippen LogP contribution is -2.14. The molecule has 0 spiro atoms. The largest absolute Gasteiger partial charge is 0.385 e. The number of anilines is 2. The third-order valence-corrected chi connectivity index (χ3v) is 4.77. The summed E-state index contributed by atoms with van der Waals surface area (Å²) in [5.41, 5.74) is 5.35. The molecule has 4 heteroatoms. The van der Waals surface area contributed by atoms with E-state index < -0.39 is 0 Å². The average molecular weight is 369 g/mol. The van der Waals surface area contributed by atoms with Crippen LogP contribution in [0.2, 0.25) is 0 Å². The first-order valence-corrected chi connectivity index (χ1v) is 9.51. The minimum absolute atomic E-state index is 0.00811. The summed E-state index contributed by atoms with van der Waals surface area (Å²) in [4.78, 5) is 15.5. The average Bonchev–Trinajstić information content (AvgIpc) is 3.13. The van der Waals surface area contributed by atoms with Crippen molar-refractivity contribution in [1.29, 1.82) is 0 Å². The Balaban J connectivity index is 1.28. The lowest BCUT2D eigenvalue weighted by atomic mass is 10.1. The van der Waals surface area contributed by atoms with E-state index in [1.54, 1.807) is 0 Å². The molecule has 0 fully saturated rings. The third kappa shape index (κ3) is 4.41. The quantitative estimate of drug-likeness (QED) is 0.429. The van der Waals surface area contributed by atoms with Gasteiger partial charge in [0, 0.05) is 35.0 Å². The monoisotopic (exact) mass is 369 g/mol. The standard InChI is InChI=1S/C24H23N3O/c28-24(16-18-6-2-1-3-7-18)27-21-12-10-20(11-13-21)25-15-14-19-17-26-23-9-5-4-8-22(19)23/h1-13,17,25-26H,14-16H2,(H,27,28). The Hall–Kier alpha value is -3.53. The van der Waals surface area contributed by atoms with E-state index in [0.29, 0.717) is 6.42 Å². The fraction of sp³-hybridized carbons (Fsp3) is 0.125. The van der Waals surface area contributed by atoms with Gasteiger partial charge in [0.1, 0.15) is 0 Å². The second kappa shape index (κ2) is 8.44. The lowest BCUT2D eigenvalue weighted by Gasteiger charge is -2.09. The number of H-pyrrole nitrogens is 1. The van der Waals surface area contributed by atoms with E-state index >= 15 is 0 Å². The second-order valence-electron chi connectivity index (χ2n) is 6.82. The highest BCUT2D eigenvalue weighted by Gasteiger charge is 2.05. The highest BCUT2D eigenvalue weighted by atomic mass is 16.1. The van der Waals surface area contributed by atoms with Crippen molar-refractivity contribution in [3.05, 3.63) is 96.2 Å². The van der Waals surface area contributed by atoms with Gasteiger partial charge in [0.05, 0.1) is 6.42 Å². The van der Waals surface area contributed by atoms with Gasteiger partial charge in [-0.15, -0.1) is 0 Å². The van der Waals surface area contributed by atoms with E-state index in [2.05, 4.69) is 40.0 Å². The van der Waals surface area contributed by atoms with Gasteiger partial charge in [0.2, 0.25) is 5.91 Å². The molecule has 0 bridgehead atoms. The first-order valence-electron chi connectivity index (χ1n) is 9.51. The summed E-state index contributed by atoms with van der Waals surface area (Å²) in [5, 5.41) is 7.67. The van der Waals surface area contributed by atoms with Gasteiger partial charge in [-0.1, -0.05) is 48.5 Å². The zero-order valence-electron chi connectivity index (χ0n) is 15.6. The Morgan fingerprint density at radius 1 is 0.821 bits per heavy atom. The van der Waals surface area contributed by atoms with E-state index in [-0.39, 0.29) is 5.91 Å². The highest BCUT2D eigenvalue weighted by Crippen LogP contribution is 2.19. The van der Waals surface area contributed by atoms with Crippen LogP contribution in [0.15, 0.2) is 85.1 Å². The number of hydrogen-bond donors (Lipinski definition) is 3. The van der Waals surface area contributed by atoms with Crippen LogP contribution in [0, 0.1) is 0 Å². The van der Waals surface area contributed by atoms with Crippen LogP contribution in [0.4, 0.5) is 11.4 Å². The zero-order chi connectivity index (χ0) is 19.2. The molecule has 4 rings (SSSR count). The SMILES string of the molecule is O=C(Cc1ccccc1)Nc1ccc(NCCc2c[nH]c3ccccc23)cc1. The number of carbonyl (C=O) groups is 1. The molecule has 0 radical (unpaired) electrons. The molecule has 0 unspecified atom stereocenters. The zero-order valence-corrected chi connectivity index (χ0v) is 15.6. The van der Waals surface area contributed by atoms with Crippen LogP contribution in [-0.4, -0.2) is 17.4 Å². The van der Waals surface area contributed by atoms with Crippen LogP contribution in [0.25, 0.3) is 10.9 Å². The van der Waals surface area contributed by atoms with Crippen LogP contribution in [0.5, 0.6) is 0 Å². The fourth-order valence-electron chi connectivity index (χ4n) is 3.34. The molecule has 4 aromatic rings. The predicted molar refractivity (Wildman–Crippen MR) is 116 cm³/mol. The fourth-order valence-corrected chi connectivity index (χ4v) is 3.34. The first kappa shape index (κ1) is 17.9. The third-order valence-electron chi connectivity index (χ3n) is 4.77. The van der Waals surface area contributed by atoms with E-state index in [1.165, 1.54) is 16.5 Å². The first-order chi connectivity index (χ1) is 13.8. The number of carbonyl (C=O) groups excluding carboxylic acids is 1. The Morgan fingerprint density at radius 3 is 2.36 bits per heavy atom. The second-order valence-corrected chi connectivity index (χ2v) is 6.82. The molecule has 28 heavy (non-hydrogen) atoms. The van der Waals surface area contributed by atoms with Crippen molar-refractivity contribution in [3.8, 4) is 0 Å². The number of nitrogens with one attached hydrogen (secondary N) is 3. The Morgan fingerprint density at radius 2 is 1.54 bits per heavy atom. The number of fused-ring (bicyclic) bond motifs is 1. The van der Waals surface area contributed by atoms with Crippen molar-refractivity contribution < 1.29 is 4.79 Å².